The van der Waals surface area contributed by atoms with Crippen molar-refractivity contribution >= 4 is 17.2 Å². The molecule has 2 aromatic rings. The quantitative estimate of drug-likeness (QED) is 0.862. The number of benzene rings is 1. The third-order valence-corrected chi connectivity index (χ3v) is 3.93. The fourth-order valence-electron chi connectivity index (χ4n) is 1.93. The Kier molecular flexibility index (Phi) is 5.44. The second kappa shape index (κ2) is 7.31. The van der Waals surface area contributed by atoms with Crippen molar-refractivity contribution in [2.45, 2.75) is 12.7 Å². The van der Waals surface area contributed by atoms with Gasteiger partial charge < -0.3 is 15.2 Å². The van der Waals surface area contributed by atoms with E-state index in [2.05, 4.69) is 5.32 Å². The Morgan fingerprint density at radius 2 is 2.19 bits per heavy atom. The van der Waals surface area contributed by atoms with Gasteiger partial charge in [0.2, 0.25) is 0 Å². The number of aliphatic hydroxyl groups excluding tert-OH is 1. The van der Waals surface area contributed by atoms with E-state index in [-0.39, 0.29) is 18.0 Å². The minimum absolute atomic E-state index is 0.0515. The summed E-state index contributed by atoms with van der Waals surface area (Å²) in [6.45, 7) is 0.298. The molecule has 4 nitrogen and oxygen atoms in total. The van der Waals surface area contributed by atoms with Crippen LogP contribution in [0.2, 0.25) is 0 Å². The molecule has 0 spiro atoms. The van der Waals surface area contributed by atoms with E-state index < -0.39 is 11.9 Å². The van der Waals surface area contributed by atoms with Gasteiger partial charge in [0.15, 0.2) is 0 Å². The van der Waals surface area contributed by atoms with Gasteiger partial charge in [0.1, 0.15) is 5.82 Å². The molecular weight excluding hydrogens is 293 g/mol. The van der Waals surface area contributed by atoms with E-state index in [1.807, 2.05) is 6.07 Å². The van der Waals surface area contributed by atoms with Gasteiger partial charge in [0.05, 0.1) is 17.6 Å². The van der Waals surface area contributed by atoms with Crippen molar-refractivity contribution in [1.29, 1.82) is 0 Å². The molecule has 0 aliphatic carbocycles. The van der Waals surface area contributed by atoms with Crippen LogP contribution in [-0.4, -0.2) is 24.7 Å². The van der Waals surface area contributed by atoms with Gasteiger partial charge >= 0.3 is 0 Å². The number of aliphatic hydroxyl groups is 1. The second-order valence-corrected chi connectivity index (χ2v) is 5.37. The first-order chi connectivity index (χ1) is 10.1. The highest BCUT2D eigenvalue weighted by molar-refractivity contribution is 7.12. The van der Waals surface area contributed by atoms with Crippen LogP contribution >= 0.6 is 11.3 Å². The van der Waals surface area contributed by atoms with Crippen LogP contribution in [-0.2, 0) is 11.3 Å². The first-order valence-corrected chi connectivity index (χ1v) is 7.27. The highest BCUT2D eigenvalue weighted by Crippen LogP contribution is 2.19. The molecule has 0 fully saturated rings. The van der Waals surface area contributed by atoms with Crippen molar-refractivity contribution in [3.8, 4) is 0 Å². The molecule has 1 atom stereocenters. The Morgan fingerprint density at radius 3 is 2.90 bits per heavy atom. The number of thiophene rings is 1. The minimum atomic E-state index is -1.08. The highest BCUT2D eigenvalue weighted by Gasteiger charge is 2.16. The molecule has 0 aliphatic rings. The third-order valence-electron chi connectivity index (χ3n) is 2.97. The number of rotatable bonds is 6. The monoisotopic (exact) mass is 309 g/mol. The van der Waals surface area contributed by atoms with Crippen LogP contribution in [0.3, 0.4) is 0 Å². The maximum atomic E-state index is 13.5. The number of ether oxygens (including phenoxy) is 1. The molecule has 0 saturated carbocycles. The smallest absolute Gasteiger partial charge is 0.261 e. The fourth-order valence-corrected chi connectivity index (χ4v) is 2.75. The first kappa shape index (κ1) is 15.6. The van der Waals surface area contributed by atoms with Crippen molar-refractivity contribution in [2.75, 3.05) is 13.7 Å². The van der Waals surface area contributed by atoms with E-state index in [0.717, 1.165) is 5.56 Å². The van der Waals surface area contributed by atoms with Gasteiger partial charge in [-0.05, 0) is 17.5 Å². The summed E-state index contributed by atoms with van der Waals surface area (Å²) in [4.78, 5) is 12.6. The molecule has 112 valence electrons. The van der Waals surface area contributed by atoms with Crippen molar-refractivity contribution in [3.63, 3.8) is 0 Å². The summed E-state index contributed by atoms with van der Waals surface area (Å²) in [6.07, 6.45) is -1.08. The molecule has 1 amide bonds. The Hall–Kier alpha value is -1.76. The average molecular weight is 309 g/mol. The summed E-state index contributed by atoms with van der Waals surface area (Å²) in [6, 6.07) is 7.77. The molecule has 2 rings (SSSR count). The zero-order valence-electron chi connectivity index (χ0n) is 11.5. The lowest BCUT2D eigenvalue weighted by Crippen LogP contribution is -2.28. The van der Waals surface area contributed by atoms with Crippen molar-refractivity contribution in [2.24, 2.45) is 0 Å². The number of nitrogens with one attached hydrogen (secondary N) is 1. The predicted molar refractivity (Wildman–Crippen MR) is 78.7 cm³/mol. The lowest BCUT2D eigenvalue weighted by Gasteiger charge is -2.13. The minimum Gasteiger partial charge on any atom is -0.386 e. The van der Waals surface area contributed by atoms with Crippen LogP contribution in [0.1, 0.15) is 26.9 Å². The van der Waals surface area contributed by atoms with E-state index >= 15 is 0 Å². The predicted octanol–water partition coefficient (Wildman–Crippen LogP) is 2.50. The molecule has 1 aromatic heterocycles. The summed E-state index contributed by atoms with van der Waals surface area (Å²) in [7, 11) is 1.56. The van der Waals surface area contributed by atoms with Gasteiger partial charge in [0.25, 0.3) is 5.91 Å². The topological polar surface area (TPSA) is 58.6 Å². The van der Waals surface area contributed by atoms with Crippen LogP contribution in [0.15, 0.2) is 35.7 Å². The molecule has 0 bridgehead atoms. The number of halogens is 1. The summed E-state index contributed by atoms with van der Waals surface area (Å²) in [5, 5.41) is 14.4. The van der Waals surface area contributed by atoms with Gasteiger partial charge in [0, 0.05) is 24.8 Å². The number of hydrogen-bond donors (Lipinski definition) is 2. The SMILES string of the molecule is COCc1ccsc1C(=O)NCC(O)c1ccccc1F. The Bertz CT molecular complexity index is 614. The van der Waals surface area contributed by atoms with Gasteiger partial charge in [-0.2, -0.15) is 0 Å². The zero-order chi connectivity index (χ0) is 15.2. The van der Waals surface area contributed by atoms with Crippen molar-refractivity contribution in [1.82, 2.24) is 5.32 Å². The van der Waals surface area contributed by atoms with Crippen LogP contribution in [0.5, 0.6) is 0 Å². The van der Waals surface area contributed by atoms with Crippen LogP contribution in [0.25, 0.3) is 0 Å². The molecule has 6 heteroatoms. The Balaban J connectivity index is 1.98. The maximum Gasteiger partial charge on any atom is 0.261 e. The lowest BCUT2D eigenvalue weighted by molar-refractivity contribution is 0.0914. The molecule has 0 saturated heterocycles. The molecular formula is C15H16FNO3S. The van der Waals surface area contributed by atoms with Gasteiger partial charge in [-0.1, -0.05) is 18.2 Å². The van der Waals surface area contributed by atoms with Gasteiger partial charge in [-0.25, -0.2) is 4.39 Å². The normalized spacial score (nSPS) is 12.1. The van der Waals surface area contributed by atoms with E-state index in [1.54, 1.807) is 24.6 Å². The highest BCUT2D eigenvalue weighted by atomic mass is 32.1. The van der Waals surface area contributed by atoms with E-state index in [9.17, 15) is 14.3 Å². The summed E-state index contributed by atoms with van der Waals surface area (Å²) >= 11 is 1.30. The average Bonchev–Trinajstić information content (AvgIpc) is 2.93. The molecule has 1 unspecified atom stereocenters. The third kappa shape index (κ3) is 3.87. The number of hydrogen-bond acceptors (Lipinski definition) is 4. The molecule has 21 heavy (non-hydrogen) atoms. The fraction of sp³-hybridized carbons (Fsp3) is 0.267. The summed E-state index contributed by atoms with van der Waals surface area (Å²) in [5.74, 6) is -0.789. The first-order valence-electron chi connectivity index (χ1n) is 6.39. The van der Waals surface area contributed by atoms with Gasteiger partial charge in [-0.15, -0.1) is 11.3 Å². The van der Waals surface area contributed by atoms with Gasteiger partial charge in [-0.3, -0.25) is 4.79 Å². The standard InChI is InChI=1S/C15H16FNO3S/c1-20-9-10-6-7-21-14(10)15(19)17-8-13(18)11-4-2-3-5-12(11)16/h2-7,13,18H,8-9H2,1H3,(H,17,19). The zero-order valence-corrected chi connectivity index (χ0v) is 12.3. The van der Waals surface area contributed by atoms with E-state index in [0.29, 0.717) is 11.5 Å². The van der Waals surface area contributed by atoms with E-state index in [4.69, 9.17) is 4.74 Å². The summed E-state index contributed by atoms with van der Waals surface area (Å²) in [5.41, 5.74) is 0.960. The van der Waals surface area contributed by atoms with Crippen LogP contribution in [0.4, 0.5) is 4.39 Å². The van der Waals surface area contributed by atoms with E-state index in [1.165, 1.54) is 23.5 Å². The van der Waals surface area contributed by atoms with Crippen LogP contribution < -0.4 is 5.32 Å². The molecule has 0 radical (unpaired) electrons. The number of methoxy groups -OCH3 is 1. The molecule has 1 heterocycles. The maximum absolute atomic E-state index is 13.5. The van der Waals surface area contributed by atoms with Crippen molar-refractivity contribution < 1.29 is 19.0 Å². The lowest BCUT2D eigenvalue weighted by atomic mass is 10.1. The number of carbonyl (C=O) groups is 1. The molecule has 2 N–H and O–H groups in total. The van der Waals surface area contributed by atoms with Crippen molar-refractivity contribution in [3.05, 3.63) is 57.5 Å². The number of carbonyl (C=O) groups excluding carboxylic acids is 1. The number of amides is 1. The molecule has 1 aromatic carbocycles. The summed E-state index contributed by atoms with van der Waals surface area (Å²) < 4.78 is 18.5. The second-order valence-electron chi connectivity index (χ2n) is 4.46. The van der Waals surface area contributed by atoms with Crippen LogP contribution in [0, 0.1) is 5.82 Å². The molecule has 0 aliphatic heterocycles. The Morgan fingerprint density at radius 1 is 1.43 bits per heavy atom. The Labute approximate surface area is 126 Å². The largest absolute Gasteiger partial charge is 0.386 e.